The first-order chi connectivity index (χ1) is 7.79. The Morgan fingerprint density at radius 2 is 1.94 bits per heavy atom. The Hall–Kier alpha value is -1.39. The van der Waals surface area contributed by atoms with Crippen LogP contribution in [0.1, 0.15) is 24.7 Å². The molecule has 2 N–H and O–H groups in total. The fourth-order valence-electron chi connectivity index (χ4n) is 1.07. The number of anilines is 1. The number of aryl methyl sites for hydroxylation is 1. The minimum absolute atomic E-state index is 0.500. The van der Waals surface area contributed by atoms with E-state index < -0.39 is 0 Å². The normalized spacial score (nSPS) is 8.12. The summed E-state index contributed by atoms with van der Waals surface area (Å²) >= 11 is 0. The van der Waals surface area contributed by atoms with Crippen LogP contribution < -0.4 is 5.32 Å². The molecule has 0 aromatic carbocycles. The molecule has 94 valence electrons. The van der Waals surface area contributed by atoms with Crippen LogP contribution in [0.25, 0.3) is 6.08 Å². The van der Waals surface area contributed by atoms with Gasteiger partial charge in [-0.05, 0) is 19.4 Å². The van der Waals surface area contributed by atoms with Crippen LogP contribution in [-0.2, 0) is 0 Å². The van der Waals surface area contributed by atoms with Crippen LogP contribution in [0.2, 0.25) is 0 Å². The first kappa shape index (κ1) is 17.0. The van der Waals surface area contributed by atoms with Gasteiger partial charge in [0.15, 0.2) is 0 Å². The van der Waals surface area contributed by atoms with Crippen molar-refractivity contribution < 1.29 is 8.78 Å². The topological polar surface area (TPSA) is 40.7 Å². The summed E-state index contributed by atoms with van der Waals surface area (Å²) in [5.41, 5.74) is 3.05. The summed E-state index contributed by atoms with van der Waals surface area (Å²) < 4.78 is 19.0. The summed E-state index contributed by atoms with van der Waals surface area (Å²) in [5.74, 6) is 0. The number of aromatic nitrogens is 2. The molecule has 0 amide bonds. The van der Waals surface area contributed by atoms with Crippen molar-refractivity contribution in [2.24, 2.45) is 0 Å². The van der Waals surface area contributed by atoms with E-state index in [-0.39, 0.29) is 0 Å². The summed E-state index contributed by atoms with van der Waals surface area (Å²) in [7, 11) is 1.00. The van der Waals surface area contributed by atoms with Crippen LogP contribution >= 0.6 is 0 Å². The number of nitrogens with one attached hydrogen (secondary N) is 2. The minimum atomic E-state index is 0.500. The third kappa shape index (κ3) is 5.48. The first-order valence-corrected chi connectivity index (χ1v) is 4.96. The third-order valence-electron chi connectivity index (χ3n) is 1.72. The molecule has 1 rings (SSSR count). The van der Waals surface area contributed by atoms with E-state index in [1.165, 1.54) is 0 Å². The highest BCUT2D eigenvalue weighted by Crippen LogP contribution is 2.17. The van der Waals surface area contributed by atoms with Crippen LogP contribution in [0.3, 0.4) is 0 Å². The van der Waals surface area contributed by atoms with Crippen molar-refractivity contribution in [2.45, 2.75) is 20.3 Å². The lowest BCUT2D eigenvalue weighted by molar-refractivity contribution is 0.635. The maximum Gasteiger partial charge on any atom is 0.108 e. The van der Waals surface area contributed by atoms with Gasteiger partial charge in [-0.2, -0.15) is 5.10 Å². The van der Waals surface area contributed by atoms with Crippen molar-refractivity contribution in [2.75, 3.05) is 26.2 Å². The van der Waals surface area contributed by atoms with E-state index in [1.807, 2.05) is 6.92 Å². The molecule has 0 radical (unpaired) electrons. The zero-order chi connectivity index (χ0) is 13.0. The van der Waals surface area contributed by atoms with Gasteiger partial charge >= 0.3 is 0 Å². The quantitative estimate of drug-likeness (QED) is 0.837. The Bertz CT molecular complexity index is 272. The lowest BCUT2D eigenvalue weighted by Gasteiger charge is -2.03. The molecule has 1 heterocycles. The van der Waals surface area contributed by atoms with Gasteiger partial charge in [0.1, 0.15) is 5.69 Å². The summed E-state index contributed by atoms with van der Waals surface area (Å²) in [5, 5.41) is 10.3. The van der Waals surface area contributed by atoms with Gasteiger partial charge in [0.25, 0.3) is 0 Å². The van der Waals surface area contributed by atoms with Crippen molar-refractivity contribution in [3.63, 3.8) is 0 Å². The fraction of sp³-hybridized carbons (Fsp3) is 0.545. The van der Waals surface area contributed by atoms with Gasteiger partial charge in [-0.15, -0.1) is 0 Å². The van der Waals surface area contributed by atoms with E-state index in [1.54, 1.807) is 6.08 Å². The van der Waals surface area contributed by atoms with Gasteiger partial charge in [0.2, 0.25) is 0 Å². The van der Waals surface area contributed by atoms with Gasteiger partial charge in [-0.1, -0.05) is 13.5 Å². The highest BCUT2D eigenvalue weighted by atomic mass is 19.1. The molecular formula is C11H21F2N3. The molecule has 0 bridgehead atoms. The summed E-state index contributed by atoms with van der Waals surface area (Å²) in [6.07, 6.45) is 2.86. The van der Waals surface area contributed by atoms with Crippen molar-refractivity contribution in [1.29, 1.82) is 0 Å². The SMILES string of the molecule is C=Cc1n[nH]c(C)c1NCCC.CF.CF. The van der Waals surface area contributed by atoms with Crippen LogP contribution in [0.15, 0.2) is 6.58 Å². The molecule has 0 aliphatic rings. The molecule has 0 aliphatic heterocycles. The van der Waals surface area contributed by atoms with Crippen molar-refractivity contribution in [3.05, 3.63) is 18.0 Å². The Morgan fingerprint density at radius 3 is 2.38 bits per heavy atom. The van der Waals surface area contributed by atoms with E-state index in [0.29, 0.717) is 14.4 Å². The zero-order valence-corrected chi connectivity index (χ0v) is 10.4. The number of rotatable bonds is 4. The van der Waals surface area contributed by atoms with E-state index in [0.717, 1.165) is 30.0 Å². The molecule has 0 spiro atoms. The fourth-order valence-corrected chi connectivity index (χ4v) is 1.07. The predicted molar refractivity (Wildman–Crippen MR) is 66.3 cm³/mol. The van der Waals surface area contributed by atoms with E-state index >= 15 is 0 Å². The molecule has 0 aliphatic carbocycles. The largest absolute Gasteiger partial charge is 0.382 e. The maximum atomic E-state index is 9.50. The molecule has 16 heavy (non-hydrogen) atoms. The van der Waals surface area contributed by atoms with Crippen LogP contribution in [-0.4, -0.2) is 31.1 Å². The van der Waals surface area contributed by atoms with Crippen molar-refractivity contribution in [3.8, 4) is 0 Å². The second-order valence-corrected chi connectivity index (χ2v) is 2.74. The Labute approximate surface area is 96.0 Å². The van der Waals surface area contributed by atoms with Crippen LogP contribution in [0, 0.1) is 6.92 Å². The number of hydrogen-bond acceptors (Lipinski definition) is 2. The van der Waals surface area contributed by atoms with Gasteiger partial charge < -0.3 is 5.32 Å². The lowest BCUT2D eigenvalue weighted by atomic mass is 10.3. The van der Waals surface area contributed by atoms with Crippen LogP contribution in [0.4, 0.5) is 14.5 Å². The molecule has 5 heteroatoms. The van der Waals surface area contributed by atoms with Crippen LogP contribution in [0.5, 0.6) is 0 Å². The van der Waals surface area contributed by atoms with Crippen molar-refractivity contribution in [1.82, 2.24) is 10.2 Å². The maximum absolute atomic E-state index is 9.50. The predicted octanol–water partition coefficient (Wildman–Crippen LogP) is 3.35. The summed E-state index contributed by atoms with van der Waals surface area (Å²) in [6, 6.07) is 0. The molecule has 0 atom stereocenters. The smallest absolute Gasteiger partial charge is 0.108 e. The molecule has 0 unspecified atom stereocenters. The zero-order valence-electron chi connectivity index (χ0n) is 10.4. The van der Waals surface area contributed by atoms with E-state index in [9.17, 15) is 8.78 Å². The second-order valence-electron chi connectivity index (χ2n) is 2.74. The summed E-state index contributed by atoms with van der Waals surface area (Å²) in [4.78, 5) is 0. The molecule has 1 aromatic rings. The van der Waals surface area contributed by atoms with Gasteiger partial charge in [-0.25, -0.2) is 0 Å². The third-order valence-corrected chi connectivity index (χ3v) is 1.72. The van der Waals surface area contributed by atoms with E-state index in [4.69, 9.17) is 0 Å². The second kappa shape index (κ2) is 11.7. The standard InChI is InChI=1S/C9H15N3.2CH3F/c1-4-6-10-9-7(3)11-12-8(9)5-2;2*1-2/h5,10H,2,4,6H2,1,3H3,(H,11,12);2*1H3. The number of nitrogens with zero attached hydrogens (tertiary/aromatic N) is 1. The monoisotopic (exact) mass is 233 g/mol. The molecular weight excluding hydrogens is 212 g/mol. The lowest BCUT2D eigenvalue weighted by Crippen LogP contribution is -2.01. The number of hydrogen-bond donors (Lipinski definition) is 2. The van der Waals surface area contributed by atoms with Crippen molar-refractivity contribution >= 4 is 11.8 Å². The van der Waals surface area contributed by atoms with Gasteiger partial charge in [0, 0.05) is 6.54 Å². The Balaban J connectivity index is 0. The Kier molecular flexibility index (Phi) is 12.4. The number of halogens is 2. The molecule has 3 nitrogen and oxygen atoms in total. The highest BCUT2D eigenvalue weighted by Gasteiger charge is 2.04. The highest BCUT2D eigenvalue weighted by molar-refractivity contribution is 5.64. The average Bonchev–Trinajstić information content (AvgIpc) is 2.72. The van der Waals surface area contributed by atoms with E-state index in [2.05, 4.69) is 29.0 Å². The van der Waals surface area contributed by atoms with Gasteiger partial charge in [0.05, 0.1) is 25.7 Å². The summed E-state index contributed by atoms with van der Waals surface area (Å²) in [6.45, 7) is 8.80. The molecule has 1 aromatic heterocycles. The average molecular weight is 233 g/mol. The molecule has 0 saturated carbocycles. The molecule has 0 fully saturated rings. The number of H-pyrrole nitrogens is 1. The van der Waals surface area contributed by atoms with Gasteiger partial charge in [-0.3, -0.25) is 13.9 Å². The minimum Gasteiger partial charge on any atom is -0.382 e. The number of alkyl halides is 2. The number of aromatic amines is 1. The first-order valence-electron chi connectivity index (χ1n) is 4.96. The Morgan fingerprint density at radius 1 is 1.38 bits per heavy atom. The molecule has 0 saturated heterocycles.